The van der Waals surface area contributed by atoms with Gasteiger partial charge >= 0.3 is 0 Å². The number of aromatic nitrogens is 3. The number of hydrazone groups is 1. The maximum Gasteiger partial charge on any atom is 0.264 e. The molecule has 1 heterocycles. The Kier molecular flexibility index (Phi) is 6.59. The predicted molar refractivity (Wildman–Crippen MR) is 114 cm³/mol. The molecule has 2 aromatic carbocycles. The predicted octanol–water partition coefficient (Wildman–Crippen LogP) is 3.47. The highest BCUT2D eigenvalue weighted by atomic mass is 32.2. The van der Waals surface area contributed by atoms with Gasteiger partial charge in [0, 0.05) is 5.56 Å². The lowest BCUT2D eigenvalue weighted by atomic mass is 10.2. The molecule has 0 fully saturated rings. The second-order valence-corrected chi connectivity index (χ2v) is 6.81. The van der Waals surface area contributed by atoms with Crippen molar-refractivity contribution in [1.82, 2.24) is 14.9 Å². The number of hydrogen-bond donors (Lipinski definition) is 2. The van der Waals surface area contributed by atoms with Crippen molar-refractivity contribution in [3.8, 4) is 0 Å². The van der Waals surface area contributed by atoms with Crippen molar-refractivity contribution in [2.45, 2.75) is 12.1 Å². The minimum atomic E-state index is 0.00280. The highest BCUT2D eigenvalue weighted by Crippen LogP contribution is 2.18. The van der Waals surface area contributed by atoms with Gasteiger partial charge in [0.1, 0.15) is 0 Å². The molecular formula is C20H20N6OS. The summed E-state index contributed by atoms with van der Waals surface area (Å²) in [6, 6.07) is 19.0. The van der Waals surface area contributed by atoms with Gasteiger partial charge in [-0.1, -0.05) is 78.5 Å². The Hall–Kier alpha value is -3.39. The molecular weight excluding hydrogens is 372 g/mol. The number of nitrogens with two attached hydrogens (primary N) is 1. The number of nitrogens with one attached hydrogen (secondary N) is 1. The van der Waals surface area contributed by atoms with Gasteiger partial charge in [0.2, 0.25) is 5.16 Å². The average Bonchev–Trinajstić information content (AvgIpc) is 3.09. The molecule has 1 aromatic heterocycles. The number of allylic oxidation sites excluding steroid dienone is 1. The van der Waals surface area contributed by atoms with Crippen LogP contribution in [0.3, 0.4) is 0 Å². The normalized spacial score (nSPS) is 11.7. The van der Waals surface area contributed by atoms with Crippen LogP contribution in [0, 0.1) is 0 Å². The number of carbonyl (C=O) groups excluding carboxylic acids is 1. The second-order valence-electron chi connectivity index (χ2n) is 5.86. The van der Waals surface area contributed by atoms with Gasteiger partial charge in [0.05, 0.1) is 11.5 Å². The molecule has 0 aliphatic heterocycles. The number of thioether (sulfide) groups is 1. The van der Waals surface area contributed by atoms with E-state index in [1.807, 2.05) is 67.6 Å². The molecule has 8 heteroatoms. The Labute approximate surface area is 167 Å². The third kappa shape index (κ3) is 5.31. The molecule has 0 spiro atoms. The number of nitrogens with zero attached hydrogens (tertiary/aromatic N) is 4. The summed E-state index contributed by atoms with van der Waals surface area (Å²) in [5, 5.41) is 12.6. The maximum absolute atomic E-state index is 12.2. The molecule has 3 aromatic rings. The van der Waals surface area contributed by atoms with E-state index in [0.29, 0.717) is 16.7 Å². The summed E-state index contributed by atoms with van der Waals surface area (Å²) in [7, 11) is 0. The van der Waals surface area contributed by atoms with Crippen LogP contribution in [0.25, 0.3) is 6.08 Å². The Balaban J connectivity index is 1.57. The van der Waals surface area contributed by atoms with E-state index >= 15 is 0 Å². The van der Waals surface area contributed by atoms with E-state index in [2.05, 4.69) is 20.7 Å². The molecule has 0 saturated carbocycles. The van der Waals surface area contributed by atoms with Crippen LogP contribution in [0.2, 0.25) is 0 Å². The fraction of sp³-hybridized carbons (Fsp3) is 0.100. The molecule has 142 valence electrons. The number of nitrogen functional groups attached to an aromatic ring is 1. The lowest BCUT2D eigenvalue weighted by molar-refractivity contribution is 0.102. The topological polar surface area (TPSA) is 98.2 Å². The fourth-order valence-corrected chi connectivity index (χ4v) is 3.00. The standard InChI is InChI=1S/C20H20N6OS/c1-15(12-13-16-8-4-2-5-9-16)22-23-19-24-25-20(26(19)21)28-14-18(27)17-10-6-3-7-11-17/h2-13H,14,21H2,1H3,(H,23,24)/b13-12+,22-15+. The number of anilines is 1. The van der Waals surface area contributed by atoms with Crippen molar-refractivity contribution in [2.24, 2.45) is 5.10 Å². The zero-order chi connectivity index (χ0) is 19.8. The van der Waals surface area contributed by atoms with Gasteiger partial charge < -0.3 is 5.84 Å². The van der Waals surface area contributed by atoms with Gasteiger partial charge in [0.25, 0.3) is 5.95 Å². The third-order valence-corrected chi connectivity index (χ3v) is 4.68. The summed E-state index contributed by atoms with van der Waals surface area (Å²) >= 11 is 1.22. The van der Waals surface area contributed by atoms with Crippen LogP contribution in [-0.2, 0) is 0 Å². The van der Waals surface area contributed by atoms with E-state index in [9.17, 15) is 4.79 Å². The Bertz CT molecular complexity index is 982. The zero-order valence-corrected chi connectivity index (χ0v) is 16.1. The van der Waals surface area contributed by atoms with Gasteiger partial charge in [-0.25, -0.2) is 10.1 Å². The molecule has 0 radical (unpaired) electrons. The van der Waals surface area contributed by atoms with Crippen molar-refractivity contribution in [1.29, 1.82) is 0 Å². The Morgan fingerprint density at radius 1 is 1.14 bits per heavy atom. The summed E-state index contributed by atoms with van der Waals surface area (Å²) in [4.78, 5) is 12.2. The first kappa shape index (κ1) is 19.4. The van der Waals surface area contributed by atoms with Crippen molar-refractivity contribution in [3.63, 3.8) is 0 Å². The van der Waals surface area contributed by atoms with Gasteiger partial charge in [-0.15, -0.1) is 10.2 Å². The van der Waals surface area contributed by atoms with E-state index < -0.39 is 0 Å². The Morgan fingerprint density at radius 3 is 2.54 bits per heavy atom. The van der Waals surface area contributed by atoms with Gasteiger partial charge in [-0.3, -0.25) is 4.79 Å². The molecule has 0 unspecified atom stereocenters. The first-order valence-corrected chi connectivity index (χ1v) is 9.57. The molecule has 3 N–H and O–H groups in total. The summed E-state index contributed by atoms with van der Waals surface area (Å²) in [6.07, 6.45) is 3.85. The first-order valence-electron chi connectivity index (χ1n) is 8.58. The smallest absolute Gasteiger partial charge is 0.264 e. The van der Waals surface area contributed by atoms with Crippen LogP contribution >= 0.6 is 11.8 Å². The van der Waals surface area contributed by atoms with Crippen molar-refractivity contribution in [2.75, 3.05) is 17.0 Å². The van der Waals surface area contributed by atoms with E-state index in [0.717, 1.165) is 11.3 Å². The van der Waals surface area contributed by atoms with E-state index in [4.69, 9.17) is 5.84 Å². The molecule has 7 nitrogen and oxygen atoms in total. The number of benzene rings is 2. The minimum Gasteiger partial charge on any atom is -0.334 e. The quantitative estimate of drug-likeness (QED) is 0.200. The molecule has 0 atom stereocenters. The van der Waals surface area contributed by atoms with Crippen LogP contribution in [0.5, 0.6) is 0 Å². The van der Waals surface area contributed by atoms with Crippen LogP contribution in [0.15, 0.2) is 77.0 Å². The van der Waals surface area contributed by atoms with Gasteiger partial charge in [-0.2, -0.15) is 5.10 Å². The van der Waals surface area contributed by atoms with E-state index in [1.165, 1.54) is 16.4 Å². The third-order valence-electron chi connectivity index (χ3n) is 3.74. The van der Waals surface area contributed by atoms with Crippen LogP contribution in [0.1, 0.15) is 22.8 Å². The number of ketones is 1. The molecule has 0 aliphatic carbocycles. The molecule has 0 amide bonds. The number of rotatable bonds is 8. The molecule has 3 rings (SSSR count). The van der Waals surface area contributed by atoms with Crippen molar-refractivity contribution < 1.29 is 4.79 Å². The zero-order valence-electron chi connectivity index (χ0n) is 15.3. The minimum absolute atomic E-state index is 0.00280. The SMILES string of the molecule is CC(/C=C/c1ccccc1)=N\Nc1nnc(SCC(=O)c2ccccc2)n1N. The van der Waals surface area contributed by atoms with Crippen LogP contribution in [-0.4, -0.2) is 32.1 Å². The summed E-state index contributed by atoms with van der Waals surface area (Å²) in [5.74, 6) is 6.51. The van der Waals surface area contributed by atoms with Gasteiger partial charge in [-0.05, 0) is 18.6 Å². The van der Waals surface area contributed by atoms with Crippen LogP contribution in [0.4, 0.5) is 5.95 Å². The van der Waals surface area contributed by atoms with Crippen molar-refractivity contribution in [3.05, 3.63) is 77.9 Å². The maximum atomic E-state index is 12.2. The summed E-state index contributed by atoms with van der Waals surface area (Å²) < 4.78 is 1.28. The highest BCUT2D eigenvalue weighted by Gasteiger charge is 2.12. The number of hydrogen-bond acceptors (Lipinski definition) is 7. The summed E-state index contributed by atoms with van der Waals surface area (Å²) in [6.45, 7) is 1.86. The lowest BCUT2D eigenvalue weighted by Crippen LogP contribution is -2.14. The fourth-order valence-electron chi connectivity index (χ4n) is 2.25. The van der Waals surface area contributed by atoms with E-state index in [1.54, 1.807) is 12.1 Å². The number of Topliss-reactive ketones (excluding diaryl/α,β-unsaturated/α-hetero) is 1. The largest absolute Gasteiger partial charge is 0.334 e. The summed E-state index contributed by atoms with van der Waals surface area (Å²) in [5.41, 5.74) is 5.28. The Morgan fingerprint density at radius 2 is 1.82 bits per heavy atom. The first-order chi connectivity index (χ1) is 13.6. The molecule has 28 heavy (non-hydrogen) atoms. The van der Waals surface area contributed by atoms with Gasteiger partial charge in [0.15, 0.2) is 5.78 Å². The van der Waals surface area contributed by atoms with Crippen molar-refractivity contribution >= 4 is 35.3 Å². The number of carbonyl (C=O) groups is 1. The monoisotopic (exact) mass is 392 g/mol. The molecule has 0 aliphatic rings. The van der Waals surface area contributed by atoms with Crippen LogP contribution < -0.4 is 11.3 Å². The highest BCUT2D eigenvalue weighted by molar-refractivity contribution is 7.99. The molecule has 0 bridgehead atoms. The van der Waals surface area contributed by atoms with E-state index in [-0.39, 0.29) is 11.5 Å². The molecule has 0 saturated heterocycles. The average molecular weight is 392 g/mol. The second kappa shape index (κ2) is 9.52. The lowest BCUT2D eigenvalue weighted by Gasteiger charge is -2.03.